The Morgan fingerprint density at radius 2 is 1.72 bits per heavy atom. The van der Waals surface area contributed by atoms with Crippen LogP contribution in [0.1, 0.15) is 0 Å². The van der Waals surface area contributed by atoms with Crippen molar-refractivity contribution >= 4 is 10.9 Å². The third-order valence-electron chi connectivity index (χ3n) is 3.83. The number of hydrogen-bond donors (Lipinski definition) is 0. The van der Waals surface area contributed by atoms with Crippen molar-refractivity contribution in [2.75, 3.05) is 7.11 Å². The number of ether oxygens (including phenoxy) is 2. The van der Waals surface area contributed by atoms with Crippen LogP contribution in [0.25, 0.3) is 22.0 Å². The van der Waals surface area contributed by atoms with E-state index >= 15 is 0 Å². The van der Waals surface area contributed by atoms with Gasteiger partial charge in [-0.2, -0.15) is 0 Å². The second-order valence-electron chi connectivity index (χ2n) is 5.44. The standard InChI is InChI=1S/C20H15N3O2/c1-24-18-10-15(9-16-11-21-13-23-20(16)18)14-7-8-19(22-12-14)25-17-5-3-2-4-6-17/h2-13H,1H3. The summed E-state index contributed by atoms with van der Waals surface area (Å²) >= 11 is 0. The Bertz CT molecular complexity index is 1000. The SMILES string of the molecule is COc1cc(-c2ccc(Oc3ccccc3)nc2)cc2cncnc12. The lowest BCUT2D eigenvalue weighted by molar-refractivity contribution is 0.419. The first-order valence-electron chi connectivity index (χ1n) is 7.80. The second-order valence-corrected chi connectivity index (χ2v) is 5.44. The third kappa shape index (κ3) is 3.12. The first-order valence-corrected chi connectivity index (χ1v) is 7.80. The zero-order valence-electron chi connectivity index (χ0n) is 13.6. The maximum Gasteiger partial charge on any atom is 0.219 e. The van der Waals surface area contributed by atoms with Crippen molar-refractivity contribution in [3.63, 3.8) is 0 Å². The van der Waals surface area contributed by atoms with Crippen molar-refractivity contribution in [1.82, 2.24) is 15.0 Å². The third-order valence-corrected chi connectivity index (χ3v) is 3.83. The average molecular weight is 329 g/mol. The van der Waals surface area contributed by atoms with E-state index in [0.717, 1.165) is 27.8 Å². The fraction of sp³-hybridized carbons (Fsp3) is 0.0500. The van der Waals surface area contributed by atoms with Gasteiger partial charge >= 0.3 is 0 Å². The minimum atomic E-state index is 0.547. The second kappa shape index (κ2) is 6.57. The maximum atomic E-state index is 5.73. The van der Waals surface area contributed by atoms with Crippen molar-refractivity contribution < 1.29 is 9.47 Å². The molecular weight excluding hydrogens is 314 g/mol. The van der Waals surface area contributed by atoms with Crippen LogP contribution in [-0.2, 0) is 0 Å². The van der Waals surface area contributed by atoms with Crippen LogP contribution in [-0.4, -0.2) is 22.1 Å². The normalized spacial score (nSPS) is 10.6. The van der Waals surface area contributed by atoms with Crippen LogP contribution < -0.4 is 9.47 Å². The van der Waals surface area contributed by atoms with Gasteiger partial charge in [0.25, 0.3) is 0 Å². The van der Waals surface area contributed by atoms with Crippen molar-refractivity contribution in [1.29, 1.82) is 0 Å². The molecule has 0 saturated heterocycles. The average Bonchev–Trinajstić information content (AvgIpc) is 2.68. The van der Waals surface area contributed by atoms with Crippen LogP contribution in [0.4, 0.5) is 0 Å². The Morgan fingerprint density at radius 1 is 0.840 bits per heavy atom. The molecule has 122 valence electrons. The number of aromatic nitrogens is 3. The summed E-state index contributed by atoms with van der Waals surface area (Å²) in [6.07, 6.45) is 5.07. The Labute approximate surface area is 144 Å². The van der Waals surface area contributed by atoms with Crippen LogP contribution in [0.3, 0.4) is 0 Å². The van der Waals surface area contributed by atoms with Gasteiger partial charge < -0.3 is 9.47 Å². The zero-order chi connectivity index (χ0) is 17.1. The summed E-state index contributed by atoms with van der Waals surface area (Å²) < 4.78 is 11.2. The van der Waals surface area contributed by atoms with Crippen LogP contribution in [0.5, 0.6) is 17.4 Å². The maximum absolute atomic E-state index is 5.73. The van der Waals surface area contributed by atoms with Crippen molar-refractivity contribution in [3.8, 4) is 28.5 Å². The van der Waals surface area contributed by atoms with Gasteiger partial charge in [-0.1, -0.05) is 18.2 Å². The molecule has 5 nitrogen and oxygen atoms in total. The molecule has 5 heteroatoms. The van der Waals surface area contributed by atoms with E-state index in [1.165, 1.54) is 6.33 Å². The highest BCUT2D eigenvalue weighted by Crippen LogP contribution is 2.31. The number of fused-ring (bicyclic) bond motifs is 1. The molecule has 0 aliphatic carbocycles. The smallest absolute Gasteiger partial charge is 0.219 e. The van der Waals surface area contributed by atoms with Gasteiger partial charge in [-0.05, 0) is 35.9 Å². The molecule has 0 amide bonds. The Balaban J connectivity index is 1.67. The van der Waals surface area contributed by atoms with E-state index in [4.69, 9.17) is 9.47 Å². The van der Waals surface area contributed by atoms with Gasteiger partial charge in [0.1, 0.15) is 23.3 Å². The quantitative estimate of drug-likeness (QED) is 0.552. The summed E-state index contributed by atoms with van der Waals surface area (Å²) in [7, 11) is 1.63. The lowest BCUT2D eigenvalue weighted by Gasteiger charge is -2.09. The number of methoxy groups -OCH3 is 1. The Kier molecular flexibility index (Phi) is 3.96. The van der Waals surface area contributed by atoms with Crippen LogP contribution >= 0.6 is 0 Å². The summed E-state index contributed by atoms with van der Waals surface area (Å²) in [6, 6.07) is 17.4. The molecule has 0 fully saturated rings. The number of benzene rings is 2. The molecule has 2 aromatic carbocycles. The molecule has 0 atom stereocenters. The van der Waals surface area contributed by atoms with E-state index in [2.05, 4.69) is 15.0 Å². The van der Waals surface area contributed by atoms with E-state index in [-0.39, 0.29) is 0 Å². The highest BCUT2D eigenvalue weighted by Gasteiger charge is 2.08. The first-order chi connectivity index (χ1) is 12.3. The highest BCUT2D eigenvalue weighted by atomic mass is 16.5. The van der Waals surface area contributed by atoms with E-state index in [0.29, 0.717) is 11.6 Å². The zero-order valence-corrected chi connectivity index (χ0v) is 13.6. The van der Waals surface area contributed by atoms with Gasteiger partial charge in [0.15, 0.2) is 0 Å². The van der Waals surface area contributed by atoms with E-state index < -0.39 is 0 Å². The lowest BCUT2D eigenvalue weighted by atomic mass is 10.0. The fourth-order valence-corrected chi connectivity index (χ4v) is 2.61. The number of hydrogen-bond acceptors (Lipinski definition) is 5. The van der Waals surface area contributed by atoms with Crippen molar-refractivity contribution in [3.05, 3.63) is 73.3 Å². The molecule has 0 spiro atoms. The molecule has 4 rings (SSSR count). The molecule has 0 aliphatic heterocycles. The van der Waals surface area contributed by atoms with Crippen LogP contribution in [0.15, 0.2) is 73.3 Å². The Morgan fingerprint density at radius 3 is 2.48 bits per heavy atom. The fourth-order valence-electron chi connectivity index (χ4n) is 2.61. The van der Waals surface area contributed by atoms with Gasteiger partial charge in [0, 0.05) is 29.4 Å². The minimum absolute atomic E-state index is 0.547. The summed E-state index contributed by atoms with van der Waals surface area (Å²) in [5, 5.41) is 0.918. The first kappa shape index (κ1) is 15.1. The molecule has 0 aliphatic rings. The van der Waals surface area contributed by atoms with Crippen molar-refractivity contribution in [2.45, 2.75) is 0 Å². The molecule has 0 radical (unpaired) electrons. The largest absolute Gasteiger partial charge is 0.494 e. The van der Waals surface area contributed by atoms with Gasteiger partial charge in [-0.25, -0.2) is 15.0 Å². The monoisotopic (exact) mass is 329 g/mol. The van der Waals surface area contributed by atoms with E-state index in [9.17, 15) is 0 Å². The molecule has 0 unspecified atom stereocenters. The molecule has 2 heterocycles. The van der Waals surface area contributed by atoms with E-state index in [1.807, 2.05) is 54.6 Å². The lowest BCUT2D eigenvalue weighted by Crippen LogP contribution is -1.91. The molecular formula is C20H15N3O2. The number of rotatable bonds is 4. The highest BCUT2D eigenvalue weighted by molar-refractivity contribution is 5.89. The minimum Gasteiger partial charge on any atom is -0.494 e. The van der Waals surface area contributed by atoms with Crippen molar-refractivity contribution in [2.24, 2.45) is 0 Å². The Hall–Kier alpha value is -3.47. The van der Waals surface area contributed by atoms with Gasteiger partial charge in [0.05, 0.1) is 7.11 Å². The summed E-state index contributed by atoms with van der Waals surface area (Å²) in [4.78, 5) is 12.7. The summed E-state index contributed by atoms with van der Waals surface area (Å²) in [6.45, 7) is 0. The van der Waals surface area contributed by atoms with Crippen LogP contribution in [0.2, 0.25) is 0 Å². The van der Waals surface area contributed by atoms with E-state index in [1.54, 1.807) is 19.5 Å². The number of pyridine rings is 1. The predicted molar refractivity (Wildman–Crippen MR) is 95.8 cm³/mol. The number of nitrogens with zero attached hydrogens (tertiary/aromatic N) is 3. The van der Waals surface area contributed by atoms with Gasteiger partial charge in [-0.3, -0.25) is 0 Å². The molecule has 2 aromatic heterocycles. The van der Waals surface area contributed by atoms with Gasteiger partial charge in [0.2, 0.25) is 5.88 Å². The predicted octanol–water partition coefficient (Wildman–Crippen LogP) is 4.49. The van der Waals surface area contributed by atoms with Crippen LogP contribution in [0, 0.1) is 0 Å². The summed E-state index contributed by atoms with van der Waals surface area (Å²) in [5.74, 6) is 2.01. The summed E-state index contributed by atoms with van der Waals surface area (Å²) in [5.41, 5.74) is 2.74. The molecule has 4 aromatic rings. The molecule has 0 bridgehead atoms. The topological polar surface area (TPSA) is 57.1 Å². The number of para-hydroxylation sites is 1. The molecule has 0 N–H and O–H groups in total. The molecule has 0 saturated carbocycles. The van der Waals surface area contributed by atoms with Gasteiger partial charge in [-0.15, -0.1) is 0 Å². The molecule has 25 heavy (non-hydrogen) atoms.